The van der Waals surface area contributed by atoms with E-state index < -0.39 is 0 Å². The van der Waals surface area contributed by atoms with Gasteiger partial charge in [-0.1, -0.05) is 6.92 Å². The summed E-state index contributed by atoms with van der Waals surface area (Å²) in [4.78, 5) is 27.9. The standard InChI is InChI=1S/C15H24N4O2/c1-5-12-8-11(9-13(16-4)19-12)15(21)17-7-6-14(20)18-10(2)3/h8-10H,5-7H2,1-4H3,(H,16,19)(H,17,21)(H,18,20). The van der Waals surface area contributed by atoms with Crippen LogP contribution in [0.25, 0.3) is 0 Å². The summed E-state index contributed by atoms with van der Waals surface area (Å²) in [6.45, 7) is 6.10. The van der Waals surface area contributed by atoms with Gasteiger partial charge in [-0.2, -0.15) is 0 Å². The van der Waals surface area contributed by atoms with Crippen LogP contribution in [0, 0.1) is 0 Å². The molecule has 3 N–H and O–H groups in total. The summed E-state index contributed by atoms with van der Waals surface area (Å²) in [7, 11) is 1.76. The van der Waals surface area contributed by atoms with E-state index >= 15 is 0 Å². The third kappa shape index (κ3) is 5.81. The van der Waals surface area contributed by atoms with Crippen LogP contribution in [-0.2, 0) is 11.2 Å². The Hall–Kier alpha value is -2.11. The Kier molecular flexibility index (Phi) is 6.65. The first kappa shape index (κ1) is 16.9. The quantitative estimate of drug-likeness (QED) is 0.708. The molecule has 0 fully saturated rings. The van der Waals surface area contributed by atoms with Crippen LogP contribution in [0.4, 0.5) is 5.82 Å². The van der Waals surface area contributed by atoms with Crippen molar-refractivity contribution in [3.63, 3.8) is 0 Å². The Labute approximate surface area is 125 Å². The van der Waals surface area contributed by atoms with Gasteiger partial charge in [0.05, 0.1) is 0 Å². The lowest BCUT2D eigenvalue weighted by Crippen LogP contribution is -2.34. The van der Waals surface area contributed by atoms with Crippen molar-refractivity contribution in [2.24, 2.45) is 0 Å². The first-order chi connectivity index (χ1) is 9.96. The van der Waals surface area contributed by atoms with Crippen LogP contribution in [0.15, 0.2) is 12.1 Å². The fourth-order valence-electron chi connectivity index (χ4n) is 1.81. The molecule has 0 atom stereocenters. The first-order valence-corrected chi connectivity index (χ1v) is 7.22. The van der Waals surface area contributed by atoms with Gasteiger partial charge in [-0.05, 0) is 32.4 Å². The normalized spacial score (nSPS) is 10.3. The smallest absolute Gasteiger partial charge is 0.251 e. The summed E-state index contributed by atoms with van der Waals surface area (Å²) in [5, 5.41) is 8.47. The Morgan fingerprint density at radius 3 is 2.57 bits per heavy atom. The second-order valence-corrected chi connectivity index (χ2v) is 5.06. The largest absolute Gasteiger partial charge is 0.373 e. The molecule has 1 aromatic heterocycles. The molecule has 1 heterocycles. The number of aromatic nitrogens is 1. The summed E-state index contributed by atoms with van der Waals surface area (Å²) < 4.78 is 0. The number of carbonyl (C=O) groups is 2. The number of carbonyl (C=O) groups excluding carboxylic acids is 2. The molecule has 2 amide bonds. The number of hydrogen-bond acceptors (Lipinski definition) is 4. The van der Waals surface area contributed by atoms with Crippen LogP contribution in [0.2, 0.25) is 0 Å². The molecular formula is C15H24N4O2. The Morgan fingerprint density at radius 1 is 1.29 bits per heavy atom. The van der Waals surface area contributed by atoms with Gasteiger partial charge >= 0.3 is 0 Å². The lowest BCUT2D eigenvalue weighted by Gasteiger charge is -2.10. The van der Waals surface area contributed by atoms with Gasteiger partial charge in [0.25, 0.3) is 5.91 Å². The van der Waals surface area contributed by atoms with Crippen LogP contribution in [0.1, 0.15) is 43.2 Å². The maximum Gasteiger partial charge on any atom is 0.251 e. The third-order valence-electron chi connectivity index (χ3n) is 2.85. The molecule has 0 saturated carbocycles. The van der Waals surface area contributed by atoms with Crippen molar-refractivity contribution >= 4 is 17.6 Å². The maximum absolute atomic E-state index is 12.1. The predicted molar refractivity (Wildman–Crippen MR) is 83.4 cm³/mol. The van der Waals surface area contributed by atoms with Crippen LogP contribution in [0.3, 0.4) is 0 Å². The van der Waals surface area contributed by atoms with E-state index in [4.69, 9.17) is 0 Å². The fraction of sp³-hybridized carbons (Fsp3) is 0.533. The van der Waals surface area contributed by atoms with Crippen molar-refractivity contribution in [3.05, 3.63) is 23.4 Å². The lowest BCUT2D eigenvalue weighted by molar-refractivity contribution is -0.121. The molecule has 0 spiro atoms. The van der Waals surface area contributed by atoms with E-state index in [9.17, 15) is 9.59 Å². The van der Waals surface area contributed by atoms with Crippen molar-refractivity contribution in [1.29, 1.82) is 0 Å². The Balaban J connectivity index is 2.57. The molecule has 6 nitrogen and oxygen atoms in total. The minimum Gasteiger partial charge on any atom is -0.373 e. The highest BCUT2D eigenvalue weighted by molar-refractivity contribution is 5.95. The van der Waals surface area contributed by atoms with Crippen LogP contribution < -0.4 is 16.0 Å². The molecule has 0 saturated heterocycles. The van der Waals surface area contributed by atoms with Crippen molar-refractivity contribution in [3.8, 4) is 0 Å². The molecule has 21 heavy (non-hydrogen) atoms. The molecule has 0 aliphatic rings. The second kappa shape index (κ2) is 8.24. The van der Waals surface area contributed by atoms with Crippen LogP contribution in [-0.4, -0.2) is 36.4 Å². The summed E-state index contributed by atoms with van der Waals surface area (Å²) in [5.41, 5.74) is 1.40. The zero-order valence-corrected chi connectivity index (χ0v) is 13.1. The number of pyridine rings is 1. The lowest BCUT2D eigenvalue weighted by atomic mass is 10.2. The van der Waals surface area contributed by atoms with E-state index in [0.717, 1.165) is 12.1 Å². The van der Waals surface area contributed by atoms with Crippen molar-refractivity contribution < 1.29 is 9.59 Å². The number of hydrogen-bond donors (Lipinski definition) is 3. The summed E-state index contributed by atoms with van der Waals surface area (Å²) in [6, 6.07) is 3.58. The van der Waals surface area contributed by atoms with Gasteiger partial charge in [-0.15, -0.1) is 0 Å². The average molecular weight is 292 g/mol. The van der Waals surface area contributed by atoms with Crippen molar-refractivity contribution in [2.45, 2.75) is 39.7 Å². The van der Waals surface area contributed by atoms with Gasteiger partial charge in [0.1, 0.15) is 5.82 Å². The van der Waals surface area contributed by atoms with Gasteiger partial charge in [0, 0.05) is 37.3 Å². The number of nitrogens with one attached hydrogen (secondary N) is 3. The monoisotopic (exact) mass is 292 g/mol. The van der Waals surface area contributed by atoms with Crippen molar-refractivity contribution in [2.75, 3.05) is 18.9 Å². The molecule has 0 bridgehead atoms. The molecule has 0 radical (unpaired) electrons. The minimum atomic E-state index is -0.194. The van der Waals surface area contributed by atoms with Crippen LogP contribution >= 0.6 is 0 Å². The van der Waals surface area contributed by atoms with Gasteiger partial charge < -0.3 is 16.0 Å². The summed E-state index contributed by atoms with van der Waals surface area (Å²) in [5.74, 6) is 0.406. The minimum absolute atomic E-state index is 0.0646. The number of nitrogens with zero attached hydrogens (tertiary/aromatic N) is 1. The molecule has 0 unspecified atom stereocenters. The Bertz CT molecular complexity index is 478. The van der Waals surface area contributed by atoms with E-state index in [0.29, 0.717) is 17.9 Å². The first-order valence-electron chi connectivity index (χ1n) is 7.22. The van der Waals surface area contributed by atoms with E-state index in [1.807, 2.05) is 20.8 Å². The predicted octanol–water partition coefficient (Wildman–Crippen LogP) is 1.33. The van der Waals surface area contributed by atoms with Crippen molar-refractivity contribution in [1.82, 2.24) is 15.6 Å². The molecule has 0 aromatic carbocycles. The number of aryl methyl sites for hydroxylation is 1. The molecule has 0 aliphatic heterocycles. The molecule has 1 aromatic rings. The zero-order valence-electron chi connectivity index (χ0n) is 13.1. The number of anilines is 1. The van der Waals surface area contributed by atoms with Gasteiger partial charge in [0.2, 0.25) is 5.91 Å². The second-order valence-electron chi connectivity index (χ2n) is 5.06. The maximum atomic E-state index is 12.1. The van der Waals surface area contributed by atoms with E-state index in [1.54, 1.807) is 19.2 Å². The highest BCUT2D eigenvalue weighted by Crippen LogP contribution is 2.10. The van der Waals surface area contributed by atoms with Gasteiger partial charge in [-0.25, -0.2) is 4.98 Å². The SMILES string of the molecule is CCc1cc(C(=O)NCCC(=O)NC(C)C)cc(NC)n1. The van der Waals surface area contributed by atoms with Gasteiger partial charge in [0.15, 0.2) is 0 Å². The summed E-state index contributed by atoms with van der Waals surface area (Å²) in [6.07, 6.45) is 1.03. The third-order valence-corrected chi connectivity index (χ3v) is 2.85. The zero-order chi connectivity index (χ0) is 15.8. The summed E-state index contributed by atoms with van der Waals surface area (Å²) >= 11 is 0. The molecule has 0 aliphatic carbocycles. The average Bonchev–Trinajstić information content (AvgIpc) is 2.45. The fourth-order valence-corrected chi connectivity index (χ4v) is 1.81. The van der Waals surface area contributed by atoms with E-state index in [1.165, 1.54) is 0 Å². The van der Waals surface area contributed by atoms with Crippen LogP contribution in [0.5, 0.6) is 0 Å². The Morgan fingerprint density at radius 2 is 2.00 bits per heavy atom. The molecular weight excluding hydrogens is 268 g/mol. The molecule has 6 heteroatoms. The van der Waals surface area contributed by atoms with E-state index in [2.05, 4.69) is 20.9 Å². The van der Waals surface area contributed by atoms with Gasteiger partial charge in [-0.3, -0.25) is 9.59 Å². The van der Waals surface area contributed by atoms with E-state index in [-0.39, 0.29) is 24.3 Å². The molecule has 116 valence electrons. The number of rotatable bonds is 7. The number of amides is 2. The molecule has 1 rings (SSSR count). The topological polar surface area (TPSA) is 83.1 Å². The highest BCUT2D eigenvalue weighted by Gasteiger charge is 2.10. The highest BCUT2D eigenvalue weighted by atomic mass is 16.2.